The van der Waals surface area contributed by atoms with Gasteiger partial charge in [0.1, 0.15) is 0 Å². The van der Waals surface area contributed by atoms with Crippen LogP contribution in [0.25, 0.3) is 0 Å². The van der Waals surface area contributed by atoms with Crippen LogP contribution in [0.4, 0.5) is 0 Å². The van der Waals surface area contributed by atoms with Gasteiger partial charge in [-0.2, -0.15) is 16.8 Å². The first-order chi connectivity index (χ1) is 18.5. The second-order valence-electron chi connectivity index (χ2n) is 9.13. The van der Waals surface area contributed by atoms with Gasteiger partial charge in [-0.05, 0) is 24.7 Å². The number of carbonyl (C=O) groups is 4. The molecule has 14 nitrogen and oxygen atoms in total. The minimum absolute atomic E-state index is 0. The number of rotatable bonds is 20. The molecule has 242 valence electrons. The summed E-state index contributed by atoms with van der Waals surface area (Å²) in [6, 6.07) is 0. The fourth-order valence-electron chi connectivity index (χ4n) is 3.19. The first-order valence-electron chi connectivity index (χ1n) is 13.2. The number of aliphatic carboxylic acids is 1. The van der Waals surface area contributed by atoms with Crippen molar-refractivity contribution in [2.45, 2.75) is 104 Å². The van der Waals surface area contributed by atoms with Gasteiger partial charge in [-0.25, -0.2) is 0 Å². The minimum atomic E-state index is -4.81. The molecule has 3 unspecified atom stereocenters. The van der Waals surface area contributed by atoms with Crippen LogP contribution in [0, 0.1) is 11.8 Å². The maximum atomic E-state index is 12.2. The Bertz CT molecular complexity index is 1010. The number of carbonyl (C=O) groups excluding carboxylic acids is 3. The van der Waals surface area contributed by atoms with Gasteiger partial charge in [-0.15, -0.1) is 0 Å². The molecule has 43 heavy (non-hydrogen) atoms. The molecule has 3 atom stereocenters. The van der Waals surface area contributed by atoms with Gasteiger partial charge in [0.25, 0.3) is 10.1 Å². The third-order valence-electron chi connectivity index (χ3n) is 5.74. The van der Waals surface area contributed by atoms with Crippen molar-refractivity contribution < 1.29 is 157 Å². The van der Waals surface area contributed by atoms with E-state index in [4.69, 9.17) is 19.1 Å². The zero-order valence-corrected chi connectivity index (χ0v) is 34.2. The average Bonchev–Trinajstić information content (AvgIpc) is 2.84. The average molecular weight is 693 g/mol. The monoisotopic (exact) mass is 692 g/mol. The molecule has 3 N–H and O–H groups in total. The van der Waals surface area contributed by atoms with Gasteiger partial charge in [0.15, 0.2) is 5.25 Å². The van der Waals surface area contributed by atoms with Crippen LogP contribution in [0.3, 0.4) is 0 Å². The fraction of sp³-hybridized carbons (Fsp3) is 0.833. The molecule has 0 aromatic rings. The van der Waals surface area contributed by atoms with Crippen molar-refractivity contribution >= 4 is 44.4 Å². The Kier molecular flexibility index (Phi) is 37.2. The van der Waals surface area contributed by atoms with Crippen molar-refractivity contribution in [2.75, 3.05) is 13.2 Å². The normalized spacial score (nSPS) is 12.7. The smallest absolute Gasteiger partial charge is 1.00 e. The predicted molar refractivity (Wildman–Crippen MR) is 146 cm³/mol. The van der Waals surface area contributed by atoms with E-state index in [0.717, 1.165) is 51.4 Å². The maximum absolute atomic E-state index is 12.2. The van der Waals surface area contributed by atoms with Crippen LogP contribution in [0.2, 0.25) is 0 Å². The molecule has 19 heteroatoms. The molecule has 0 aliphatic carbocycles. The number of esters is 2. The van der Waals surface area contributed by atoms with E-state index in [9.17, 15) is 40.6 Å². The SMILES string of the molecule is CCCCC(CC)COC(=O)CC(C(=O)OCC(CC)CCCC)S(=O)(=O)O.O=C(O)CCC(=O)OS(=O)(=O)O.[H-].[H-].[H-].[Na+].[Na+].[Na+]. The van der Waals surface area contributed by atoms with Crippen LogP contribution < -0.4 is 88.7 Å². The van der Waals surface area contributed by atoms with Crippen LogP contribution in [-0.2, 0) is 53.4 Å². The second-order valence-corrected chi connectivity index (χ2v) is 11.8. The molecule has 0 saturated carbocycles. The second kappa shape index (κ2) is 30.1. The van der Waals surface area contributed by atoms with Crippen molar-refractivity contribution in [3.63, 3.8) is 0 Å². The van der Waals surface area contributed by atoms with Gasteiger partial charge < -0.3 is 23.0 Å². The molecule has 0 aliphatic heterocycles. The Hall–Kier alpha value is 0.700. The summed E-state index contributed by atoms with van der Waals surface area (Å²) < 4.78 is 73.8. The van der Waals surface area contributed by atoms with Crippen LogP contribution in [0.5, 0.6) is 0 Å². The van der Waals surface area contributed by atoms with Crippen molar-refractivity contribution in [1.82, 2.24) is 0 Å². The number of hydrogen-bond donors (Lipinski definition) is 3. The molecule has 0 saturated heterocycles. The third kappa shape index (κ3) is 32.4. The molecule has 0 radical (unpaired) electrons. The fourth-order valence-corrected chi connectivity index (χ4v) is 4.16. The maximum Gasteiger partial charge on any atom is 1.00 e. The Balaban J connectivity index is -0.000000115. The Morgan fingerprint density at radius 2 is 1.16 bits per heavy atom. The van der Waals surface area contributed by atoms with Crippen molar-refractivity contribution in [2.24, 2.45) is 11.8 Å². The molecular formula is C24H47Na3O14S2. The summed E-state index contributed by atoms with van der Waals surface area (Å²) in [6.45, 7) is 8.35. The molecule has 0 fully saturated rings. The Labute approximate surface area is 326 Å². The Morgan fingerprint density at radius 3 is 1.51 bits per heavy atom. The summed E-state index contributed by atoms with van der Waals surface area (Å²) >= 11 is 0. The van der Waals surface area contributed by atoms with Gasteiger partial charge in [0.05, 0.1) is 32.5 Å². The quantitative estimate of drug-likeness (QED) is 0.0616. The molecule has 0 amide bonds. The zero-order valence-electron chi connectivity index (χ0n) is 29.6. The molecule has 0 rings (SSSR count). The number of carboxylic acid groups (broad SMARTS) is 1. The van der Waals surface area contributed by atoms with E-state index in [2.05, 4.69) is 18.0 Å². The van der Waals surface area contributed by atoms with E-state index in [1.807, 2.05) is 13.8 Å². The minimum Gasteiger partial charge on any atom is -1.00 e. The molecule has 0 aliphatic rings. The summed E-state index contributed by atoms with van der Waals surface area (Å²) in [5.74, 6) is -4.17. The van der Waals surface area contributed by atoms with Crippen molar-refractivity contribution in [3.8, 4) is 0 Å². The molecule has 0 spiro atoms. The molecule has 0 bridgehead atoms. The van der Waals surface area contributed by atoms with E-state index in [-0.39, 0.29) is 118 Å². The van der Waals surface area contributed by atoms with Crippen LogP contribution in [-0.4, -0.2) is 73.4 Å². The zero-order chi connectivity index (χ0) is 31.4. The van der Waals surface area contributed by atoms with Crippen LogP contribution >= 0.6 is 0 Å². The number of ether oxygens (including phenoxy) is 2. The first-order valence-corrected chi connectivity index (χ1v) is 16.1. The van der Waals surface area contributed by atoms with Gasteiger partial charge in [0, 0.05) is 0 Å². The van der Waals surface area contributed by atoms with E-state index in [1.165, 1.54) is 0 Å². The van der Waals surface area contributed by atoms with Crippen LogP contribution in [0.1, 0.15) is 103 Å². The largest absolute Gasteiger partial charge is 1.00 e. The predicted octanol–water partition coefficient (Wildman–Crippen LogP) is -5.30. The standard InChI is InChI=1S/C20H38O7S.C4H6O7S.3Na.3H/c1-5-9-11-16(7-3)14-26-19(21)13-18(28(23,24)25)20(22)27-15-17(8-4)12-10-6-2;5-3(6)1-2-4(7)11-12(8,9)10;;;;;;/h16-18H,5-15H2,1-4H3,(H,23,24,25);1-2H2,(H,5,6)(H,8,9,10);;;;;;/q;;3*+1;3*-1. The molecule has 0 aromatic heterocycles. The van der Waals surface area contributed by atoms with E-state index >= 15 is 0 Å². The topological polar surface area (TPSA) is 225 Å². The third-order valence-corrected chi connectivity index (χ3v) is 7.22. The first kappa shape index (κ1) is 53.2. The number of unbranched alkanes of at least 4 members (excludes halogenated alkanes) is 2. The van der Waals surface area contributed by atoms with Crippen LogP contribution in [0.15, 0.2) is 0 Å². The van der Waals surface area contributed by atoms with Crippen molar-refractivity contribution in [1.29, 1.82) is 0 Å². The van der Waals surface area contributed by atoms with Gasteiger partial charge in [-0.1, -0.05) is 66.2 Å². The van der Waals surface area contributed by atoms with E-state index < -0.39 is 68.9 Å². The Morgan fingerprint density at radius 1 is 0.721 bits per heavy atom. The van der Waals surface area contributed by atoms with Gasteiger partial charge in [-0.3, -0.25) is 28.3 Å². The molecular weight excluding hydrogens is 645 g/mol. The summed E-state index contributed by atoms with van der Waals surface area (Å²) in [4.78, 5) is 44.4. The number of carboxylic acids is 1. The summed E-state index contributed by atoms with van der Waals surface area (Å²) in [7, 11) is -9.58. The summed E-state index contributed by atoms with van der Waals surface area (Å²) in [5, 5.41) is 6.10. The van der Waals surface area contributed by atoms with Crippen molar-refractivity contribution in [3.05, 3.63) is 0 Å². The van der Waals surface area contributed by atoms with E-state index in [0.29, 0.717) is 0 Å². The van der Waals surface area contributed by atoms with Gasteiger partial charge >= 0.3 is 123 Å². The molecule has 0 heterocycles. The summed E-state index contributed by atoms with van der Waals surface area (Å²) in [6.07, 6.45) is 5.59. The summed E-state index contributed by atoms with van der Waals surface area (Å²) in [5.41, 5.74) is 0. The number of hydrogen-bond acceptors (Lipinski definition) is 11. The van der Waals surface area contributed by atoms with E-state index in [1.54, 1.807) is 0 Å². The van der Waals surface area contributed by atoms with Gasteiger partial charge in [0.2, 0.25) is 0 Å². The molecule has 0 aromatic carbocycles.